The monoisotopic (exact) mass is 432 g/mol. The standard InChI is InChI=1S/C26H26F2N4/c1-17-2-10-23-22(14-17)26(31-25-15-20(28)8-11-24(25)30-23)32-13-12-29-21(16-32)9-5-18-3-6-19(27)7-4-18/h2-4,6-8,10-11,14-15,21,29-30H,5,9,12-13,16H2,1H3/t21-/m0/s1. The third kappa shape index (κ3) is 4.36. The van der Waals surface area contributed by atoms with Crippen LogP contribution in [0.3, 0.4) is 0 Å². The normalized spacial score (nSPS) is 17.7. The van der Waals surface area contributed by atoms with Crippen LogP contribution >= 0.6 is 0 Å². The van der Waals surface area contributed by atoms with Crippen molar-refractivity contribution in [3.05, 3.63) is 89.0 Å². The summed E-state index contributed by atoms with van der Waals surface area (Å²) in [5.74, 6) is 0.364. The van der Waals surface area contributed by atoms with Gasteiger partial charge in [-0.25, -0.2) is 13.8 Å². The Labute approximate surface area is 187 Å². The van der Waals surface area contributed by atoms with Gasteiger partial charge in [-0.2, -0.15) is 0 Å². The summed E-state index contributed by atoms with van der Waals surface area (Å²) in [5, 5.41) is 7.04. The number of fused-ring (bicyclic) bond motifs is 2. The molecule has 2 aliphatic rings. The van der Waals surface area contributed by atoms with Gasteiger partial charge in [0.15, 0.2) is 0 Å². The maximum absolute atomic E-state index is 14.0. The largest absolute Gasteiger partial charge is 0.353 e. The lowest BCUT2D eigenvalue weighted by atomic mass is 10.0. The van der Waals surface area contributed by atoms with Gasteiger partial charge in [0.05, 0.1) is 11.4 Å². The van der Waals surface area contributed by atoms with Gasteiger partial charge in [-0.05, 0) is 61.7 Å². The zero-order valence-corrected chi connectivity index (χ0v) is 18.0. The van der Waals surface area contributed by atoms with E-state index >= 15 is 0 Å². The minimum atomic E-state index is -0.298. The lowest BCUT2D eigenvalue weighted by Crippen LogP contribution is -2.53. The van der Waals surface area contributed by atoms with Crippen LogP contribution in [0.25, 0.3) is 0 Å². The number of benzene rings is 3. The van der Waals surface area contributed by atoms with Crippen molar-refractivity contribution in [1.29, 1.82) is 0 Å². The van der Waals surface area contributed by atoms with E-state index in [2.05, 4.69) is 40.7 Å². The van der Waals surface area contributed by atoms with Crippen molar-refractivity contribution < 1.29 is 8.78 Å². The van der Waals surface area contributed by atoms with Gasteiger partial charge in [-0.1, -0.05) is 23.8 Å². The first-order valence-electron chi connectivity index (χ1n) is 11.0. The number of aliphatic imine (C=N–C) groups is 1. The molecule has 0 spiro atoms. The lowest BCUT2D eigenvalue weighted by molar-refractivity contribution is 0.282. The zero-order chi connectivity index (χ0) is 22.1. The van der Waals surface area contributed by atoms with Gasteiger partial charge in [0.25, 0.3) is 0 Å². The number of halogens is 2. The molecule has 0 aliphatic carbocycles. The van der Waals surface area contributed by atoms with Gasteiger partial charge in [-0.15, -0.1) is 0 Å². The number of rotatable bonds is 3. The number of aryl methyl sites for hydroxylation is 2. The predicted molar refractivity (Wildman–Crippen MR) is 125 cm³/mol. The van der Waals surface area contributed by atoms with Crippen LogP contribution in [0.15, 0.2) is 65.7 Å². The molecule has 3 aromatic carbocycles. The predicted octanol–water partition coefficient (Wildman–Crippen LogP) is 5.32. The number of hydrogen-bond acceptors (Lipinski definition) is 4. The Balaban J connectivity index is 1.42. The number of hydrogen-bond donors (Lipinski definition) is 2. The van der Waals surface area contributed by atoms with Gasteiger partial charge in [-0.3, -0.25) is 0 Å². The summed E-state index contributed by atoms with van der Waals surface area (Å²) in [6.45, 7) is 4.54. The molecule has 164 valence electrons. The van der Waals surface area contributed by atoms with Gasteiger partial charge >= 0.3 is 0 Å². The molecule has 0 aromatic heterocycles. The number of piperazine rings is 1. The second-order valence-corrected chi connectivity index (χ2v) is 8.53. The van der Waals surface area contributed by atoms with Crippen LogP contribution in [0, 0.1) is 18.6 Å². The maximum atomic E-state index is 14.0. The Hall–Kier alpha value is -3.25. The highest BCUT2D eigenvalue weighted by Crippen LogP contribution is 2.36. The molecule has 0 radical (unpaired) electrons. The molecule has 3 aromatic rings. The second-order valence-electron chi connectivity index (χ2n) is 8.53. The van der Waals surface area contributed by atoms with Crippen molar-refractivity contribution in [2.75, 3.05) is 25.0 Å². The lowest BCUT2D eigenvalue weighted by Gasteiger charge is -2.36. The minimum Gasteiger partial charge on any atom is -0.353 e. The highest BCUT2D eigenvalue weighted by molar-refractivity contribution is 6.07. The molecule has 0 bridgehead atoms. The molecule has 32 heavy (non-hydrogen) atoms. The van der Waals surface area contributed by atoms with Crippen LogP contribution in [0.2, 0.25) is 0 Å². The van der Waals surface area contributed by atoms with E-state index in [9.17, 15) is 8.78 Å². The fourth-order valence-corrected chi connectivity index (χ4v) is 4.42. The molecule has 1 atom stereocenters. The van der Waals surface area contributed by atoms with E-state index in [4.69, 9.17) is 4.99 Å². The number of anilines is 2. The Bertz CT molecular complexity index is 1160. The molecule has 4 nitrogen and oxygen atoms in total. The summed E-state index contributed by atoms with van der Waals surface area (Å²) in [6.07, 6.45) is 1.82. The summed E-state index contributed by atoms with van der Waals surface area (Å²) in [7, 11) is 0. The van der Waals surface area contributed by atoms with Crippen LogP contribution in [-0.4, -0.2) is 36.4 Å². The average Bonchev–Trinajstić information content (AvgIpc) is 2.95. The minimum absolute atomic E-state index is 0.207. The molecule has 2 heterocycles. The Morgan fingerprint density at radius 1 is 0.969 bits per heavy atom. The fourth-order valence-electron chi connectivity index (χ4n) is 4.42. The Kier molecular flexibility index (Phi) is 5.62. The van der Waals surface area contributed by atoms with Crippen molar-refractivity contribution in [3.63, 3.8) is 0 Å². The highest BCUT2D eigenvalue weighted by Gasteiger charge is 2.26. The average molecular weight is 433 g/mol. The van der Waals surface area contributed by atoms with Crippen LogP contribution in [0.5, 0.6) is 0 Å². The van der Waals surface area contributed by atoms with Crippen LogP contribution in [0.4, 0.5) is 25.8 Å². The van der Waals surface area contributed by atoms with Crippen molar-refractivity contribution in [2.45, 2.75) is 25.8 Å². The molecule has 1 saturated heterocycles. The number of amidine groups is 1. The van der Waals surface area contributed by atoms with Gasteiger partial charge in [0.1, 0.15) is 17.5 Å². The molecule has 0 unspecified atom stereocenters. The third-order valence-corrected chi connectivity index (χ3v) is 6.12. The number of nitrogens with one attached hydrogen (secondary N) is 2. The third-order valence-electron chi connectivity index (χ3n) is 6.12. The van der Waals surface area contributed by atoms with Crippen LogP contribution < -0.4 is 10.6 Å². The topological polar surface area (TPSA) is 39.7 Å². The fraction of sp³-hybridized carbons (Fsp3) is 0.269. The first-order valence-corrected chi connectivity index (χ1v) is 11.0. The smallest absolute Gasteiger partial charge is 0.138 e. The Morgan fingerprint density at radius 3 is 2.59 bits per heavy atom. The van der Waals surface area contributed by atoms with E-state index < -0.39 is 0 Å². The van der Waals surface area contributed by atoms with Crippen LogP contribution in [-0.2, 0) is 6.42 Å². The van der Waals surface area contributed by atoms with Crippen molar-refractivity contribution in [1.82, 2.24) is 10.2 Å². The quantitative estimate of drug-likeness (QED) is 0.589. The van der Waals surface area contributed by atoms with Gasteiger partial charge < -0.3 is 15.5 Å². The summed E-state index contributed by atoms with van der Waals surface area (Å²) < 4.78 is 27.2. The van der Waals surface area contributed by atoms with Crippen molar-refractivity contribution in [3.8, 4) is 0 Å². The summed E-state index contributed by atoms with van der Waals surface area (Å²) in [6, 6.07) is 18.0. The summed E-state index contributed by atoms with van der Waals surface area (Å²) in [4.78, 5) is 7.24. The molecular formula is C26H26F2N4. The summed E-state index contributed by atoms with van der Waals surface area (Å²) >= 11 is 0. The molecule has 1 fully saturated rings. The van der Waals surface area contributed by atoms with E-state index in [0.717, 1.165) is 66.4 Å². The molecule has 0 saturated carbocycles. The molecule has 2 N–H and O–H groups in total. The maximum Gasteiger partial charge on any atom is 0.138 e. The van der Waals surface area contributed by atoms with E-state index in [-0.39, 0.29) is 17.7 Å². The Morgan fingerprint density at radius 2 is 1.75 bits per heavy atom. The zero-order valence-electron chi connectivity index (χ0n) is 18.0. The van der Waals surface area contributed by atoms with E-state index in [1.54, 1.807) is 6.07 Å². The first kappa shape index (κ1) is 20.6. The molecule has 2 aliphatic heterocycles. The first-order chi connectivity index (χ1) is 15.5. The number of nitrogens with zero attached hydrogens (tertiary/aromatic N) is 2. The van der Waals surface area contributed by atoms with Crippen LogP contribution in [0.1, 0.15) is 23.1 Å². The molecular weight excluding hydrogens is 406 g/mol. The van der Waals surface area contributed by atoms with E-state index in [1.165, 1.54) is 24.3 Å². The SMILES string of the molecule is Cc1ccc2c(c1)C(N1CCN[C@@H](CCc3ccc(F)cc3)C1)=Nc1cc(F)ccc1N2. The van der Waals surface area contributed by atoms with E-state index in [1.807, 2.05) is 12.1 Å². The van der Waals surface area contributed by atoms with Gasteiger partial charge in [0, 0.05) is 43.0 Å². The second kappa shape index (κ2) is 8.71. The molecule has 6 heteroatoms. The van der Waals surface area contributed by atoms with Gasteiger partial charge in [0.2, 0.25) is 0 Å². The highest BCUT2D eigenvalue weighted by atomic mass is 19.1. The molecule has 0 amide bonds. The summed E-state index contributed by atoms with van der Waals surface area (Å²) in [5.41, 5.74) is 5.69. The van der Waals surface area contributed by atoms with Crippen molar-refractivity contribution >= 4 is 22.9 Å². The van der Waals surface area contributed by atoms with E-state index in [0.29, 0.717) is 5.69 Å². The molecule has 5 rings (SSSR count). The van der Waals surface area contributed by atoms with Crippen molar-refractivity contribution in [2.24, 2.45) is 4.99 Å².